The first kappa shape index (κ1) is 39.8. The van der Waals surface area contributed by atoms with Crippen LogP contribution in [0.15, 0.2) is 273 Å². The standard InChI is InChI=1S/C66H45N/c1-4-17-47(18-5-1)59-41-36-52(44-64(59)48-19-6-2-7-20-48)46-31-37-55(38-32-46)67(57-26-16-25-53(43-57)65-45-54-24-11-12-27-58(54)62-29-14-15-30-63(62)65)56-39-33-50(34-40-56)61-42-35-49-21-10-13-28-60(49)66(61)51-22-8-3-9-23-51/h1-45H. The lowest BCUT2D eigenvalue weighted by atomic mass is 9.89. The molecule has 0 saturated heterocycles. The first-order chi connectivity index (χ1) is 33.2. The summed E-state index contributed by atoms with van der Waals surface area (Å²) in [6, 6.07) is 99.4. The fraction of sp³-hybridized carbons (Fsp3) is 0. The van der Waals surface area contributed by atoms with Gasteiger partial charge < -0.3 is 4.90 Å². The van der Waals surface area contributed by atoms with Crippen molar-refractivity contribution in [1.29, 1.82) is 0 Å². The van der Waals surface area contributed by atoms with Crippen LogP contribution in [0.25, 0.3) is 99.1 Å². The Morgan fingerprint density at radius 2 is 0.687 bits per heavy atom. The van der Waals surface area contributed by atoms with Gasteiger partial charge in [0.2, 0.25) is 0 Å². The molecule has 12 aromatic carbocycles. The van der Waals surface area contributed by atoms with Crippen LogP contribution < -0.4 is 4.90 Å². The molecule has 0 saturated carbocycles. The van der Waals surface area contributed by atoms with E-state index in [9.17, 15) is 0 Å². The van der Waals surface area contributed by atoms with Crippen LogP contribution >= 0.6 is 0 Å². The van der Waals surface area contributed by atoms with Crippen molar-refractivity contribution in [2.45, 2.75) is 0 Å². The third-order valence-electron chi connectivity index (χ3n) is 13.3. The lowest BCUT2D eigenvalue weighted by Crippen LogP contribution is -2.10. The van der Waals surface area contributed by atoms with Gasteiger partial charge >= 0.3 is 0 Å². The second-order valence-corrected chi connectivity index (χ2v) is 17.2. The molecule has 1 heteroatoms. The third-order valence-corrected chi connectivity index (χ3v) is 13.3. The number of benzene rings is 12. The summed E-state index contributed by atoms with van der Waals surface area (Å²) in [5.74, 6) is 0. The predicted molar refractivity (Wildman–Crippen MR) is 286 cm³/mol. The van der Waals surface area contributed by atoms with Crippen molar-refractivity contribution < 1.29 is 0 Å². The number of anilines is 3. The van der Waals surface area contributed by atoms with Gasteiger partial charge in [0.25, 0.3) is 0 Å². The first-order valence-corrected chi connectivity index (χ1v) is 23.1. The molecule has 1 nitrogen and oxygen atoms in total. The van der Waals surface area contributed by atoms with Gasteiger partial charge in [0.15, 0.2) is 0 Å². The highest BCUT2D eigenvalue weighted by atomic mass is 15.1. The zero-order valence-electron chi connectivity index (χ0n) is 36.9. The molecule has 0 aliphatic heterocycles. The van der Waals surface area contributed by atoms with E-state index in [1.807, 2.05) is 0 Å². The average Bonchev–Trinajstić information content (AvgIpc) is 3.41. The summed E-state index contributed by atoms with van der Waals surface area (Å²) >= 11 is 0. The van der Waals surface area contributed by atoms with E-state index in [1.165, 1.54) is 93.5 Å². The van der Waals surface area contributed by atoms with Gasteiger partial charge in [0.1, 0.15) is 0 Å². The summed E-state index contributed by atoms with van der Waals surface area (Å²) < 4.78 is 0. The Morgan fingerprint density at radius 1 is 0.194 bits per heavy atom. The van der Waals surface area contributed by atoms with E-state index in [-0.39, 0.29) is 0 Å². The SMILES string of the molecule is c1ccc(-c2ccc(-c3ccc(N(c4ccc(-c5ccc6ccccc6c5-c5ccccc5)cc4)c4cccc(-c5cc6ccccc6c6ccccc56)c4)cc3)cc2-c2ccccc2)cc1. The number of nitrogens with zero attached hydrogens (tertiary/aromatic N) is 1. The third kappa shape index (κ3) is 7.53. The summed E-state index contributed by atoms with van der Waals surface area (Å²) in [5, 5.41) is 7.50. The van der Waals surface area contributed by atoms with Crippen LogP contribution in [0.4, 0.5) is 17.1 Å². The van der Waals surface area contributed by atoms with Crippen molar-refractivity contribution in [2.75, 3.05) is 4.90 Å². The highest BCUT2D eigenvalue weighted by molar-refractivity contribution is 6.14. The molecule has 0 fully saturated rings. The van der Waals surface area contributed by atoms with E-state index in [2.05, 4.69) is 278 Å². The minimum Gasteiger partial charge on any atom is -0.310 e. The van der Waals surface area contributed by atoms with Gasteiger partial charge in [0.05, 0.1) is 0 Å². The van der Waals surface area contributed by atoms with E-state index >= 15 is 0 Å². The first-order valence-electron chi connectivity index (χ1n) is 23.1. The molecule has 0 radical (unpaired) electrons. The lowest BCUT2D eigenvalue weighted by Gasteiger charge is -2.27. The number of hydrogen-bond donors (Lipinski definition) is 0. The topological polar surface area (TPSA) is 3.24 Å². The number of rotatable bonds is 9. The molecule has 67 heavy (non-hydrogen) atoms. The van der Waals surface area contributed by atoms with Crippen LogP contribution in [0.5, 0.6) is 0 Å². The summed E-state index contributed by atoms with van der Waals surface area (Å²) in [4.78, 5) is 2.40. The van der Waals surface area contributed by atoms with Crippen molar-refractivity contribution in [3.63, 3.8) is 0 Å². The Bertz CT molecular complexity index is 3710. The zero-order valence-corrected chi connectivity index (χ0v) is 36.9. The van der Waals surface area contributed by atoms with E-state index in [1.54, 1.807) is 0 Å². The van der Waals surface area contributed by atoms with E-state index in [0.29, 0.717) is 0 Å². The van der Waals surface area contributed by atoms with Crippen molar-refractivity contribution in [3.05, 3.63) is 273 Å². The maximum Gasteiger partial charge on any atom is 0.0467 e. The summed E-state index contributed by atoms with van der Waals surface area (Å²) in [6.45, 7) is 0. The summed E-state index contributed by atoms with van der Waals surface area (Å²) in [7, 11) is 0. The molecule has 0 aliphatic rings. The van der Waals surface area contributed by atoms with Crippen LogP contribution in [0.3, 0.4) is 0 Å². The largest absolute Gasteiger partial charge is 0.310 e. The zero-order chi connectivity index (χ0) is 44.5. The molecule has 0 bridgehead atoms. The smallest absolute Gasteiger partial charge is 0.0467 e. The molecule has 0 aliphatic carbocycles. The normalized spacial score (nSPS) is 11.3. The quantitative estimate of drug-likeness (QED) is 0.131. The molecular weight excluding hydrogens is 807 g/mol. The van der Waals surface area contributed by atoms with Crippen molar-refractivity contribution >= 4 is 49.4 Å². The van der Waals surface area contributed by atoms with Crippen molar-refractivity contribution in [3.8, 4) is 66.8 Å². The molecule has 0 aromatic heterocycles. The second kappa shape index (κ2) is 17.3. The fourth-order valence-corrected chi connectivity index (χ4v) is 10.0. The van der Waals surface area contributed by atoms with E-state index in [4.69, 9.17) is 0 Å². The second-order valence-electron chi connectivity index (χ2n) is 17.2. The summed E-state index contributed by atoms with van der Waals surface area (Å²) in [5.41, 5.74) is 17.7. The van der Waals surface area contributed by atoms with Crippen LogP contribution in [0, 0.1) is 0 Å². The van der Waals surface area contributed by atoms with Gasteiger partial charge in [-0.2, -0.15) is 0 Å². The molecule has 0 amide bonds. The Labute approximate surface area is 392 Å². The molecule has 314 valence electrons. The molecule has 0 N–H and O–H groups in total. The Morgan fingerprint density at radius 3 is 1.37 bits per heavy atom. The average molecular weight is 852 g/mol. The van der Waals surface area contributed by atoms with Crippen LogP contribution in [0.2, 0.25) is 0 Å². The van der Waals surface area contributed by atoms with Crippen LogP contribution in [-0.4, -0.2) is 0 Å². The molecule has 0 atom stereocenters. The van der Waals surface area contributed by atoms with Crippen molar-refractivity contribution in [1.82, 2.24) is 0 Å². The van der Waals surface area contributed by atoms with Crippen LogP contribution in [-0.2, 0) is 0 Å². The molecule has 0 heterocycles. The fourth-order valence-electron chi connectivity index (χ4n) is 10.0. The van der Waals surface area contributed by atoms with Crippen molar-refractivity contribution in [2.24, 2.45) is 0 Å². The van der Waals surface area contributed by atoms with Gasteiger partial charge in [-0.05, 0) is 148 Å². The molecule has 0 unspecified atom stereocenters. The Kier molecular flexibility index (Phi) is 10.3. The minimum absolute atomic E-state index is 1.08. The lowest BCUT2D eigenvalue weighted by molar-refractivity contribution is 1.28. The highest BCUT2D eigenvalue weighted by Crippen LogP contribution is 2.44. The molecule has 12 rings (SSSR count). The van der Waals surface area contributed by atoms with Gasteiger partial charge in [0, 0.05) is 17.1 Å². The Balaban J connectivity index is 0.984. The van der Waals surface area contributed by atoms with Gasteiger partial charge in [-0.15, -0.1) is 0 Å². The highest BCUT2D eigenvalue weighted by Gasteiger charge is 2.18. The minimum atomic E-state index is 1.08. The molecule has 0 spiro atoms. The number of fused-ring (bicyclic) bond motifs is 4. The van der Waals surface area contributed by atoms with E-state index < -0.39 is 0 Å². The molecule has 12 aromatic rings. The predicted octanol–water partition coefficient (Wildman–Crippen LogP) is 18.6. The van der Waals surface area contributed by atoms with Gasteiger partial charge in [-0.3, -0.25) is 0 Å². The Hall–Kier alpha value is -8.78. The van der Waals surface area contributed by atoms with Gasteiger partial charge in [-0.1, -0.05) is 224 Å². The maximum absolute atomic E-state index is 2.40. The monoisotopic (exact) mass is 851 g/mol. The summed E-state index contributed by atoms with van der Waals surface area (Å²) in [6.07, 6.45) is 0. The van der Waals surface area contributed by atoms with E-state index in [0.717, 1.165) is 22.6 Å². The molecular formula is C66H45N. The maximum atomic E-state index is 2.40. The van der Waals surface area contributed by atoms with Gasteiger partial charge in [-0.25, -0.2) is 0 Å². The van der Waals surface area contributed by atoms with Crippen LogP contribution in [0.1, 0.15) is 0 Å². The number of hydrogen-bond acceptors (Lipinski definition) is 1.